The Morgan fingerprint density at radius 3 is 2.12 bits per heavy atom. The van der Waals surface area contributed by atoms with Crippen LogP contribution in [0.5, 0.6) is 0 Å². The van der Waals surface area contributed by atoms with Gasteiger partial charge in [-0.05, 0) is 69.0 Å². The molecule has 0 bridgehead atoms. The highest BCUT2D eigenvalue weighted by atomic mass is 32.2. The Morgan fingerprint density at radius 1 is 0.900 bits per heavy atom. The van der Waals surface area contributed by atoms with E-state index in [0.717, 1.165) is 27.1 Å². The number of nitrogens with one attached hydrogen (secondary N) is 1. The van der Waals surface area contributed by atoms with E-state index in [2.05, 4.69) is 5.32 Å². The summed E-state index contributed by atoms with van der Waals surface area (Å²) in [6.07, 6.45) is 1.02. The van der Waals surface area contributed by atoms with Gasteiger partial charge in [0.1, 0.15) is 18.4 Å². The molecular formula is C31H38FN3O4S. The van der Waals surface area contributed by atoms with E-state index < -0.39 is 34.3 Å². The van der Waals surface area contributed by atoms with Gasteiger partial charge in [-0.3, -0.25) is 13.9 Å². The van der Waals surface area contributed by atoms with E-state index in [1.165, 1.54) is 35.2 Å². The lowest BCUT2D eigenvalue weighted by atomic mass is 10.1. The van der Waals surface area contributed by atoms with Crippen LogP contribution in [0.15, 0.2) is 77.7 Å². The number of sulfonamides is 1. The minimum atomic E-state index is -4.33. The van der Waals surface area contributed by atoms with Gasteiger partial charge in [0.05, 0.1) is 10.6 Å². The van der Waals surface area contributed by atoms with Gasteiger partial charge in [-0.25, -0.2) is 12.8 Å². The summed E-state index contributed by atoms with van der Waals surface area (Å²) in [6.45, 7) is 8.77. The van der Waals surface area contributed by atoms with Crippen LogP contribution in [-0.4, -0.2) is 43.8 Å². The van der Waals surface area contributed by atoms with Crippen LogP contribution >= 0.6 is 0 Å². The van der Waals surface area contributed by atoms with Crippen molar-refractivity contribution in [3.63, 3.8) is 0 Å². The van der Waals surface area contributed by atoms with Gasteiger partial charge in [0, 0.05) is 12.6 Å². The summed E-state index contributed by atoms with van der Waals surface area (Å²) in [5, 5.41) is 2.95. The third kappa shape index (κ3) is 7.27. The number of aryl methyl sites for hydroxylation is 2. The first-order chi connectivity index (χ1) is 19.0. The number of carbonyl (C=O) groups excluding carboxylic acids is 2. The van der Waals surface area contributed by atoms with Crippen LogP contribution < -0.4 is 9.62 Å². The average molecular weight is 568 g/mol. The molecular weight excluding hydrogens is 529 g/mol. The Bertz CT molecular complexity index is 1430. The Morgan fingerprint density at radius 2 is 1.52 bits per heavy atom. The highest BCUT2D eigenvalue weighted by molar-refractivity contribution is 7.92. The van der Waals surface area contributed by atoms with Crippen molar-refractivity contribution < 1.29 is 22.4 Å². The predicted octanol–water partition coefficient (Wildman–Crippen LogP) is 5.36. The van der Waals surface area contributed by atoms with Gasteiger partial charge in [-0.2, -0.15) is 0 Å². The molecule has 3 rings (SSSR count). The summed E-state index contributed by atoms with van der Waals surface area (Å²) in [7, 11) is -4.33. The smallest absolute Gasteiger partial charge is 0.264 e. The zero-order valence-electron chi connectivity index (χ0n) is 23.7. The molecule has 0 spiro atoms. The first-order valence-electron chi connectivity index (χ1n) is 13.5. The van der Waals surface area contributed by atoms with Crippen LogP contribution in [-0.2, 0) is 26.2 Å². The molecule has 0 unspecified atom stereocenters. The first-order valence-corrected chi connectivity index (χ1v) is 14.9. The first kappa shape index (κ1) is 30.8. The molecule has 0 saturated heterocycles. The van der Waals surface area contributed by atoms with E-state index in [4.69, 9.17) is 0 Å². The lowest BCUT2D eigenvalue weighted by molar-refractivity contribution is -0.140. The Kier molecular flexibility index (Phi) is 10.5. The van der Waals surface area contributed by atoms with Crippen molar-refractivity contribution in [2.75, 3.05) is 10.8 Å². The van der Waals surface area contributed by atoms with Gasteiger partial charge in [0.15, 0.2) is 0 Å². The summed E-state index contributed by atoms with van der Waals surface area (Å²) in [6, 6.07) is 18.1. The molecule has 2 amide bonds. The highest BCUT2D eigenvalue weighted by Gasteiger charge is 2.35. The van der Waals surface area contributed by atoms with Crippen molar-refractivity contribution in [2.24, 2.45) is 0 Å². The molecule has 0 heterocycles. The summed E-state index contributed by atoms with van der Waals surface area (Å²) in [5.74, 6) is -1.72. The lowest BCUT2D eigenvalue weighted by Gasteiger charge is -2.34. The fourth-order valence-corrected chi connectivity index (χ4v) is 5.76. The summed E-state index contributed by atoms with van der Waals surface area (Å²) >= 11 is 0. The fourth-order valence-electron chi connectivity index (χ4n) is 4.34. The van der Waals surface area contributed by atoms with E-state index in [0.29, 0.717) is 12.8 Å². The lowest BCUT2D eigenvalue weighted by Crippen LogP contribution is -2.53. The molecule has 0 aliphatic rings. The Labute approximate surface area is 237 Å². The van der Waals surface area contributed by atoms with E-state index in [1.54, 1.807) is 19.1 Å². The summed E-state index contributed by atoms with van der Waals surface area (Å²) in [4.78, 5) is 28.7. The van der Waals surface area contributed by atoms with Crippen molar-refractivity contribution in [2.45, 2.75) is 71.0 Å². The standard InChI is InChI=1S/C31H38FN3O4S/c1-6-24(5)33-31(37)28(7-2)34(20-25-13-9-8-12-23(25)4)30(36)21-35(29-15-11-10-14-27(29)32)40(38,39)26-18-16-22(3)17-19-26/h8-19,24,28H,6-7,20-21H2,1-5H3,(H,33,37)/t24-,28+/m1/s1. The van der Waals surface area contributed by atoms with Gasteiger partial charge in [0.2, 0.25) is 11.8 Å². The van der Waals surface area contributed by atoms with Gasteiger partial charge < -0.3 is 10.2 Å². The second-order valence-electron chi connectivity index (χ2n) is 9.97. The maximum absolute atomic E-state index is 15.0. The normalized spacial score (nSPS) is 12.8. The monoisotopic (exact) mass is 567 g/mol. The number of halogens is 1. The van der Waals surface area contributed by atoms with Gasteiger partial charge in [0.25, 0.3) is 10.0 Å². The van der Waals surface area contributed by atoms with Crippen molar-refractivity contribution in [1.29, 1.82) is 0 Å². The number of hydrogen-bond donors (Lipinski definition) is 1. The molecule has 0 aliphatic heterocycles. The molecule has 0 aliphatic carbocycles. The number of anilines is 1. The largest absolute Gasteiger partial charge is 0.352 e. The number of benzene rings is 3. The predicted molar refractivity (Wildman–Crippen MR) is 156 cm³/mol. The van der Waals surface area contributed by atoms with Gasteiger partial charge in [-0.1, -0.05) is 67.9 Å². The van der Waals surface area contributed by atoms with Crippen molar-refractivity contribution in [3.8, 4) is 0 Å². The SMILES string of the molecule is CC[C@@H](C)NC(=O)[C@H](CC)N(Cc1ccccc1C)C(=O)CN(c1ccccc1F)S(=O)(=O)c1ccc(C)cc1. The molecule has 3 aromatic carbocycles. The number of para-hydroxylation sites is 1. The van der Waals surface area contributed by atoms with Crippen molar-refractivity contribution >= 4 is 27.5 Å². The maximum Gasteiger partial charge on any atom is 0.264 e. The molecule has 3 aromatic rings. The molecule has 9 heteroatoms. The number of hydrogen-bond acceptors (Lipinski definition) is 4. The second-order valence-corrected chi connectivity index (χ2v) is 11.8. The van der Waals surface area contributed by atoms with Crippen LogP contribution in [0.1, 0.15) is 50.3 Å². The van der Waals surface area contributed by atoms with Crippen LogP contribution in [0.2, 0.25) is 0 Å². The van der Waals surface area contributed by atoms with Gasteiger partial charge in [-0.15, -0.1) is 0 Å². The highest BCUT2D eigenvalue weighted by Crippen LogP contribution is 2.27. The summed E-state index contributed by atoms with van der Waals surface area (Å²) in [5.41, 5.74) is 2.36. The maximum atomic E-state index is 15.0. The molecule has 0 fully saturated rings. The molecule has 214 valence electrons. The van der Waals surface area contributed by atoms with E-state index in [-0.39, 0.29) is 29.1 Å². The molecule has 1 N–H and O–H groups in total. The van der Waals surface area contributed by atoms with Crippen LogP contribution in [0, 0.1) is 19.7 Å². The average Bonchev–Trinajstić information content (AvgIpc) is 2.93. The zero-order valence-corrected chi connectivity index (χ0v) is 24.5. The molecule has 0 saturated carbocycles. The topological polar surface area (TPSA) is 86.8 Å². The molecule has 2 atom stereocenters. The van der Waals surface area contributed by atoms with E-state index >= 15 is 4.39 Å². The van der Waals surface area contributed by atoms with E-state index in [9.17, 15) is 18.0 Å². The number of nitrogens with zero attached hydrogens (tertiary/aromatic N) is 2. The number of rotatable bonds is 12. The quantitative estimate of drug-likeness (QED) is 0.319. The van der Waals surface area contributed by atoms with E-state index in [1.807, 2.05) is 52.0 Å². The molecule has 40 heavy (non-hydrogen) atoms. The van der Waals surface area contributed by atoms with Gasteiger partial charge >= 0.3 is 0 Å². The Balaban J connectivity index is 2.08. The van der Waals surface area contributed by atoms with Crippen LogP contribution in [0.25, 0.3) is 0 Å². The minimum Gasteiger partial charge on any atom is -0.352 e. The third-order valence-electron chi connectivity index (χ3n) is 7.00. The Hall–Kier alpha value is -3.72. The molecule has 7 nitrogen and oxygen atoms in total. The number of amides is 2. The van der Waals surface area contributed by atoms with Crippen molar-refractivity contribution in [3.05, 3.63) is 95.3 Å². The fraction of sp³-hybridized carbons (Fsp3) is 0.355. The molecule has 0 aromatic heterocycles. The minimum absolute atomic E-state index is 0.0684. The second kappa shape index (κ2) is 13.6. The van der Waals surface area contributed by atoms with Crippen molar-refractivity contribution in [1.82, 2.24) is 10.2 Å². The molecule has 0 radical (unpaired) electrons. The summed E-state index contributed by atoms with van der Waals surface area (Å²) < 4.78 is 43.5. The zero-order chi connectivity index (χ0) is 29.4. The number of carbonyl (C=O) groups is 2. The van der Waals surface area contributed by atoms with Crippen LogP contribution in [0.4, 0.5) is 10.1 Å². The van der Waals surface area contributed by atoms with Crippen LogP contribution in [0.3, 0.4) is 0 Å². The third-order valence-corrected chi connectivity index (χ3v) is 8.77.